The highest BCUT2D eigenvalue weighted by Gasteiger charge is 2.26. The van der Waals surface area contributed by atoms with Crippen molar-refractivity contribution in [3.63, 3.8) is 0 Å². The van der Waals surface area contributed by atoms with Gasteiger partial charge in [0.1, 0.15) is 0 Å². The van der Waals surface area contributed by atoms with Gasteiger partial charge in [0.2, 0.25) is 0 Å². The van der Waals surface area contributed by atoms with Crippen molar-refractivity contribution >= 4 is 11.9 Å². The van der Waals surface area contributed by atoms with E-state index in [9.17, 15) is 9.59 Å². The number of ether oxygens (including phenoxy) is 2. The Kier molecular flexibility index (Phi) is 5.20. The van der Waals surface area contributed by atoms with Crippen LogP contribution in [0.2, 0.25) is 0 Å². The Bertz CT molecular complexity index is 186. The van der Waals surface area contributed by atoms with Crippen LogP contribution in [-0.2, 0) is 19.1 Å². The molecule has 0 aromatic rings. The van der Waals surface area contributed by atoms with Gasteiger partial charge >= 0.3 is 11.9 Å². The lowest BCUT2D eigenvalue weighted by molar-refractivity contribution is -0.163. The molecule has 0 aliphatic carbocycles. The van der Waals surface area contributed by atoms with E-state index in [1.807, 2.05) is 0 Å². The molecule has 0 atom stereocenters. The molecule has 0 saturated carbocycles. The van der Waals surface area contributed by atoms with Gasteiger partial charge in [0.25, 0.3) is 0 Å². The highest BCUT2D eigenvalue weighted by Crippen LogP contribution is 2.05. The topological polar surface area (TPSA) is 52.6 Å². The van der Waals surface area contributed by atoms with Gasteiger partial charge in [-0.3, -0.25) is 9.59 Å². The summed E-state index contributed by atoms with van der Waals surface area (Å²) in [5.74, 6) is -2.86. The van der Waals surface area contributed by atoms with Crippen molar-refractivity contribution in [2.24, 2.45) is 5.92 Å². The van der Waals surface area contributed by atoms with Crippen LogP contribution >= 0.6 is 0 Å². The number of carbonyl (C=O) groups is 2. The average Bonchev–Trinajstić information content (AvgIpc) is 2.00. The summed E-state index contributed by atoms with van der Waals surface area (Å²) in [4.78, 5) is 22.3. The van der Waals surface area contributed by atoms with Crippen molar-refractivity contribution in [1.29, 1.82) is 0 Å². The maximum absolute atomic E-state index is 11.1. The molecule has 0 aromatic carbocycles. The van der Waals surface area contributed by atoms with Crippen molar-refractivity contribution in [2.45, 2.75) is 39.9 Å². The summed E-state index contributed by atoms with van der Waals surface area (Å²) in [6.45, 7) is 12.0. The maximum Gasteiger partial charge on any atom is 0.320 e. The maximum atomic E-state index is 11.1. The molecule has 80 valence electrons. The molecule has 0 saturated heterocycles. The molecule has 14 heavy (non-hydrogen) atoms. The summed E-state index contributed by atoms with van der Waals surface area (Å²) in [6.07, 6.45) is -0.583. The van der Waals surface area contributed by atoms with Crippen molar-refractivity contribution in [1.82, 2.24) is 0 Å². The van der Waals surface area contributed by atoms with E-state index < -0.39 is 17.9 Å². The molecular weight excluding hydrogens is 184 g/mol. The largest absolute Gasteiger partial charge is 0.462 e. The van der Waals surface area contributed by atoms with Gasteiger partial charge in [0, 0.05) is 0 Å². The van der Waals surface area contributed by atoms with Crippen molar-refractivity contribution in [3.8, 4) is 0 Å². The SMILES string of the molecule is [CH]C(C(=O)OC(C)C)C(=O)OC(C)C. The van der Waals surface area contributed by atoms with Crippen molar-refractivity contribution in [2.75, 3.05) is 0 Å². The Balaban J connectivity index is 4.11. The first kappa shape index (κ1) is 12.9. The molecule has 4 heteroatoms. The van der Waals surface area contributed by atoms with Crippen LogP contribution in [0.5, 0.6) is 0 Å². The monoisotopic (exact) mass is 200 g/mol. The van der Waals surface area contributed by atoms with Crippen LogP contribution in [-0.4, -0.2) is 24.1 Å². The lowest BCUT2D eigenvalue weighted by atomic mass is 10.2. The summed E-state index contributed by atoms with van der Waals surface area (Å²) in [5, 5.41) is 0. The second kappa shape index (κ2) is 5.62. The summed E-state index contributed by atoms with van der Waals surface area (Å²) in [7, 11) is 0. The van der Waals surface area contributed by atoms with Crippen LogP contribution in [0.1, 0.15) is 27.7 Å². The van der Waals surface area contributed by atoms with Gasteiger partial charge in [0.05, 0.1) is 12.2 Å². The minimum absolute atomic E-state index is 0.291. The van der Waals surface area contributed by atoms with Crippen LogP contribution in [0.15, 0.2) is 0 Å². The normalized spacial score (nSPS) is 10.9. The predicted molar refractivity (Wildman–Crippen MR) is 50.2 cm³/mol. The molecular formula is C10H16O4. The molecule has 0 rings (SSSR count). The van der Waals surface area contributed by atoms with Gasteiger partial charge in [0.15, 0.2) is 5.92 Å². The van der Waals surface area contributed by atoms with E-state index in [1.165, 1.54) is 0 Å². The van der Waals surface area contributed by atoms with Crippen LogP contribution in [0.4, 0.5) is 0 Å². The number of esters is 2. The van der Waals surface area contributed by atoms with E-state index in [4.69, 9.17) is 16.4 Å². The van der Waals surface area contributed by atoms with E-state index in [0.717, 1.165) is 0 Å². The van der Waals surface area contributed by atoms with Gasteiger partial charge in [-0.05, 0) is 34.6 Å². The molecule has 0 aliphatic rings. The van der Waals surface area contributed by atoms with Crippen LogP contribution in [0.25, 0.3) is 0 Å². The van der Waals surface area contributed by atoms with Gasteiger partial charge in [-0.25, -0.2) is 0 Å². The highest BCUT2D eigenvalue weighted by atomic mass is 16.6. The third kappa shape index (κ3) is 4.84. The Hall–Kier alpha value is -1.06. The predicted octanol–water partition coefficient (Wildman–Crippen LogP) is 1.22. The molecule has 0 fully saturated rings. The first-order valence-electron chi connectivity index (χ1n) is 4.51. The molecule has 0 heterocycles. The third-order valence-electron chi connectivity index (χ3n) is 1.21. The van der Waals surface area contributed by atoms with Gasteiger partial charge in [-0.1, -0.05) is 0 Å². The molecule has 0 aromatic heterocycles. The summed E-state index contributed by atoms with van der Waals surface area (Å²) >= 11 is 0. The lowest BCUT2D eigenvalue weighted by Crippen LogP contribution is -2.29. The zero-order valence-corrected chi connectivity index (χ0v) is 8.94. The molecule has 0 aliphatic heterocycles. The van der Waals surface area contributed by atoms with Gasteiger partial charge < -0.3 is 9.47 Å². The molecule has 0 unspecified atom stereocenters. The van der Waals surface area contributed by atoms with Gasteiger partial charge in [-0.15, -0.1) is 0 Å². The van der Waals surface area contributed by atoms with E-state index >= 15 is 0 Å². The van der Waals surface area contributed by atoms with Crippen molar-refractivity contribution < 1.29 is 19.1 Å². The Labute approximate surface area is 84.6 Å². The lowest BCUT2D eigenvalue weighted by Gasteiger charge is -2.14. The first-order chi connectivity index (χ1) is 6.34. The smallest absolute Gasteiger partial charge is 0.320 e. The quantitative estimate of drug-likeness (QED) is 0.505. The summed E-state index contributed by atoms with van der Waals surface area (Å²) < 4.78 is 9.50. The molecule has 0 N–H and O–H groups in total. The minimum Gasteiger partial charge on any atom is -0.462 e. The summed E-state index contributed by atoms with van der Waals surface area (Å²) in [5.41, 5.74) is 0. The average molecular weight is 200 g/mol. The fourth-order valence-electron chi connectivity index (χ4n) is 0.707. The zero-order chi connectivity index (χ0) is 11.3. The number of carbonyl (C=O) groups excluding carboxylic acids is 2. The molecule has 0 bridgehead atoms. The van der Waals surface area contributed by atoms with E-state index in [-0.39, 0.29) is 12.2 Å². The van der Waals surface area contributed by atoms with Crippen LogP contribution in [0.3, 0.4) is 0 Å². The van der Waals surface area contributed by atoms with E-state index in [0.29, 0.717) is 0 Å². The molecule has 4 nitrogen and oxygen atoms in total. The van der Waals surface area contributed by atoms with Gasteiger partial charge in [-0.2, -0.15) is 0 Å². The third-order valence-corrected chi connectivity index (χ3v) is 1.21. The molecule has 2 radical (unpaired) electrons. The van der Waals surface area contributed by atoms with Crippen LogP contribution in [0, 0.1) is 12.8 Å². The van der Waals surface area contributed by atoms with Crippen LogP contribution < -0.4 is 0 Å². The highest BCUT2D eigenvalue weighted by molar-refractivity contribution is 5.95. The fourth-order valence-corrected chi connectivity index (χ4v) is 0.707. The van der Waals surface area contributed by atoms with E-state index in [2.05, 4.69) is 0 Å². The zero-order valence-electron chi connectivity index (χ0n) is 8.94. The van der Waals surface area contributed by atoms with E-state index in [1.54, 1.807) is 27.7 Å². The number of hydrogen-bond acceptors (Lipinski definition) is 4. The Morgan fingerprint density at radius 2 is 1.21 bits per heavy atom. The van der Waals surface area contributed by atoms with Crippen molar-refractivity contribution in [3.05, 3.63) is 6.92 Å². The number of rotatable bonds is 4. The minimum atomic E-state index is -1.35. The fraction of sp³-hybridized carbons (Fsp3) is 0.700. The number of hydrogen-bond donors (Lipinski definition) is 0. The Morgan fingerprint density at radius 3 is 1.43 bits per heavy atom. The second-order valence-electron chi connectivity index (χ2n) is 3.45. The standard InChI is InChI=1S/C10H16O4/c1-6(2)13-9(11)8(5)10(12)14-7(3)4/h5-8H,1-4H3. The summed E-state index contributed by atoms with van der Waals surface area (Å²) in [6, 6.07) is 0. The molecule has 0 amide bonds. The second-order valence-corrected chi connectivity index (χ2v) is 3.45. The first-order valence-corrected chi connectivity index (χ1v) is 4.51. The molecule has 0 spiro atoms. The Morgan fingerprint density at radius 1 is 0.929 bits per heavy atom.